The summed E-state index contributed by atoms with van der Waals surface area (Å²) in [5.41, 5.74) is 0. The van der Waals surface area contributed by atoms with Crippen molar-refractivity contribution in [1.82, 2.24) is 0 Å². The van der Waals surface area contributed by atoms with E-state index in [1.165, 1.54) is 89.9 Å². The minimum absolute atomic E-state index is 0.0345. The number of carbonyl (C=O) groups is 1. The summed E-state index contributed by atoms with van der Waals surface area (Å²) in [5.74, 6) is 0.0837. The van der Waals surface area contributed by atoms with E-state index in [0.29, 0.717) is 26.2 Å². The van der Waals surface area contributed by atoms with Crippen molar-refractivity contribution in [1.29, 1.82) is 0 Å². The average molecular weight is 549 g/mol. The lowest BCUT2D eigenvalue weighted by Gasteiger charge is -2.23. The number of hydrogen-bond donors (Lipinski definition) is 1. The Hall–Kier alpha value is -0.100. The highest BCUT2D eigenvalue weighted by Gasteiger charge is 2.16. The zero-order valence-corrected chi connectivity index (χ0v) is 26.2. The van der Waals surface area contributed by atoms with Crippen LogP contribution in [0.2, 0.25) is 0 Å². The van der Waals surface area contributed by atoms with Gasteiger partial charge in [0.15, 0.2) is 0 Å². The number of ketones is 1. The molecule has 2 atom stereocenters. The summed E-state index contributed by atoms with van der Waals surface area (Å²) in [6, 6.07) is 0. The summed E-state index contributed by atoms with van der Waals surface area (Å²) in [6.45, 7) is 6.95. The summed E-state index contributed by atoms with van der Waals surface area (Å²) in [6.07, 6.45) is 22.7. The lowest BCUT2D eigenvalue weighted by molar-refractivity contribution is -0.870. The minimum atomic E-state index is -1.89. The maximum atomic E-state index is 11.6. The molecule has 0 aromatic heterocycles. The Morgan fingerprint density at radius 1 is 0.703 bits per heavy atom. The van der Waals surface area contributed by atoms with Gasteiger partial charge in [0, 0.05) is 18.9 Å². The molecule has 0 bridgehead atoms. The van der Waals surface area contributed by atoms with Gasteiger partial charge in [-0.1, -0.05) is 96.8 Å². The van der Waals surface area contributed by atoms with E-state index in [9.17, 15) is 9.69 Å². The molecule has 2 unspecified atom stereocenters. The molecule has 7 heteroatoms. The lowest BCUT2D eigenvalue weighted by Crippen LogP contribution is -2.35. The van der Waals surface area contributed by atoms with E-state index in [2.05, 4.69) is 28.1 Å². The Balaban J connectivity index is 3.63. The van der Waals surface area contributed by atoms with Gasteiger partial charge in [0.2, 0.25) is 0 Å². The van der Waals surface area contributed by atoms with Crippen molar-refractivity contribution in [3.63, 3.8) is 0 Å². The van der Waals surface area contributed by atoms with Gasteiger partial charge in [-0.3, -0.25) is 0 Å². The van der Waals surface area contributed by atoms with Crippen LogP contribution in [0.1, 0.15) is 129 Å². The molecule has 0 amide bonds. The van der Waals surface area contributed by atoms with Crippen molar-refractivity contribution in [3.05, 3.63) is 0 Å². The minimum Gasteiger partial charge on any atom is -0.381 e. The molecule has 0 saturated heterocycles. The van der Waals surface area contributed by atoms with Crippen molar-refractivity contribution in [2.24, 2.45) is 5.92 Å². The monoisotopic (exact) mass is 548 g/mol. The fraction of sp³-hybridized carbons (Fsp3) is 0.967. The number of hydrogen-bond acceptors (Lipinski definition) is 5. The van der Waals surface area contributed by atoms with Crippen molar-refractivity contribution in [3.8, 4) is 0 Å². The molecule has 37 heavy (non-hydrogen) atoms. The molecule has 0 aromatic carbocycles. The Morgan fingerprint density at radius 2 is 1.19 bits per heavy atom. The van der Waals surface area contributed by atoms with Gasteiger partial charge in [-0.2, -0.15) is 0 Å². The maximum Gasteiger partial charge on any atom is 0.329 e. The summed E-state index contributed by atoms with van der Waals surface area (Å²) >= 11 is 0. The SMILES string of the molecule is CCCCCCCCCCCCCCCCCOCC(COP(O)OCCCC[N+](C)(C)C)CC(C)=O. The van der Waals surface area contributed by atoms with Gasteiger partial charge in [-0.05, 0) is 26.2 Å². The molecule has 222 valence electrons. The van der Waals surface area contributed by atoms with Crippen LogP contribution in [0.4, 0.5) is 0 Å². The van der Waals surface area contributed by atoms with E-state index < -0.39 is 8.60 Å². The quantitative estimate of drug-likeness (QED) is 0.0580. The van der Waals surface area contributed by atoms with E-state index in [4.69, 9.17) is 13.8 Å². The first kappa shape index (κ1) is 36.9. The smallest absolute Gasteiger partial charge is 0.329 e. The third-order valence-corrected chi connectivity index (χ3v) is 7.44. The highest BCUT2D eigenvalue weighted by molar-refractivity contribution is 7.40. The number of quaternary nitrogens is 1. The maximum absolute atomic E-state index is 11.6. The molecule has 0 aliphatic rings. The Morgan fingerprint density at radius 3 is 1.68 bits per heavy atom. The summed E-state index contributed by atoms with van der Waals surface area (Å²) in [5, 5.41) is 0. The zero-order chi connectivity index (χ0) is 27.6. The highest BCUT2D eigenvalue weighted by Crippen LogP contribution is 2.34. The lowest BCUT2D eigenvalue weighted by atomic mass is 10.0. The summed E-state index contributed by atoms with van der Waals surface area (Å²) in [4.78, 5) is 21.6. The van der Waals surface area contributed by atoms with Crippen molar-refractivity contribution >= 4 is 14.4 Å². The van der Waals surface area contributed by atoms with Crippen molar-refractivity contribution < 1.29 is 28.0 Å². The van der Waals surface area contributed by atoms with Crippen LogP contribution in [0.25, 0.3) is 0 Å². The van der Waals surface area contributed by atoms with Crippen LogP contribution in [-0.4, -0.2) is 69.3 Å². The largest absolute Gasteiger partial charge is 0.381 e. The van der Waals surface area contributed by atoms with Crippen LogP contribution < -0.4 is 0 Å². The van der Waals surface area contributed by atoms with Crippen LogP contribution in [0.15, 0.2) is 0 Å². The third-order valence-electron chi connectivity index (χ3n) is 6.67. The number of carbonyl (C=O) groups excluding carboxylic acids is 1. The van der Waals surface area contributed by atoms with Crippen LogP contribution >= 0.6 is 8.60 Å². The molecule has 0 rings (SSSR count). The number of Topliss-reactive ketones (excluding diaryl/α,β-unsaturated/α-hetero) is 1. The van der Waals surface area contributed by atoms with Crippen molar-refractivity contribution in [2.75, 3.05) is 54.1 Å². The van der Waals surface area contributed by atoms with Gasteiger partial charge in [-0.15, -0.1) is 0 Å². The second-order valence-electron chi connectivity index (χ2n) is 11.9. The first-order valence-electron chi connectivity index (χ1n) is 15.4. The summed E-state index contributed by atoms with van der Waals surface area (Å²) < 4.78 is 17.7. The average Bonchev–Trinajstić information content (AvgIpc) is 2.83. The second kappa shape index (κ2) is 26.1. The van der Waals surface area contributed by atoms with Crippen LogP contribution in [0.5, 0.6) is 0 Å². The zero-order valence-electron chi connectivity index (χ0n) is 25.3. The molecule has 0 spiro atoms. The van der Waals surface area contributed by atoms with E-state index in [-0.39, 0.29) is 11.7 Å². The molecule has 0 aromatic rings. The molecule has 0 saturated carbocycles. The molecule has 0 aliphatic carbocycles. The number of rotatable bonds is 29. The first-order valence-corrected chi connectivity index (χ1v) is 16.5. The topological polar surface area (TPSA) is 65.0 Å². The standard InChI is InChI=1S/C30H63NO5P/c1-6-7-8-9-10-11-12-13-14-15-16-17-18-19-21-24-34-27-30(26-29(2)32)28-36-37(33)35-25-22-20-23-31(3,4)5/h30,33H,6-28H2,1-5H3/q+1. The fourth-order valence-electron chi connectivity index (χ4n) is 4.44. The number of nitrogens with zero attached hydrogens (tertiary/aromatic N) is 1. The molecule has 0 fully saturated rings. The van der Waals surface area contributed by atoms with Crippen LogP contribution in [-0.2, 0) is 18.6 Å². The fourth-order valence-corrected chi connectivity index (χ4v) is 5.13. The van der Waals surface area contributed by atoms with Crippen LogP contribution in [0, 0.1) is 5.92 Å². The van der Waals surface area contributed by atoms with Crippen molar-refractivity contribution in [2.45, 2.75) is 129 Å². The predicted octanol–water partition coefficient (Wildman–Crippen LogP) is 8.21. The normalized spacial score (nSPS) is 13.7. The third kappa shape index (κ3) is 30.3. The molecule has 6 nitrogen and oxygen atoms in total. The molecule has 0 radical (unpaired) electrons. The van der Waals surface area contributed by atoms with E-state index >= 15 is 0 Å². The number of unbranched alkanes of at least 4 members (excludes halogenated alkanes) is 15. The van der Waals surface area contributed by atoms with E-state index in [1.54, 1.807) is 6.92 Å². The second-order valence-corrected chi connectivity index (χ2v) is 12.9. The molecular weight excluding hydrogens is 485 g/mol. The highest BCUT2D eigenvalue weighted by atomic mass is 31.2. The van der Waals surface area contributed by atoms with Gasteiger partial charge in [0.1, 0.15) is 5.78 Å². The Labute approximate surface area is 231 Å². The van der Waals surface area contributed by atoms with Gasteiger partial charge in [0.05, 0.1) is 47.5 Å². The van der Waals surface area contributed by atoms with Gasteiger partial charge < -0.3 is 28.0 Å². The summed E-state index contributed by atoms with van der Waals surface area (Å²) in [7, 11) is 4.61. The Kier molecular flexibility index (Phi) is 26.1. The van der Waals surface area contributed by atoms with Gasteiger partial charge in [-0.25, -0.2) is 0 Å². The van der Waals surface area contributed by atoms with E-state index in [1.807, 2.05) is 0 Å². The molecule has 1 N–H and O–H groups in total. The van der Waals surface area contributed by atoms with Crippen LogP contribution in [0.3, 0.4) is 0 Å². The van der Waals surface area contributed by atoms with E-state index in [0.717, 1.165) is 36.9 Å². The number of ether oxygens (including phenoxy) is 1. The molecule has 0 aliphatic heterocycles. The molecular formula is C30H63NO5P+. The first-order chi connectivity index (χ1) is 17.7. The van der Waals surface area contributed by atoms with Gasteiger partial charge in [0.25, 0.3) is 0 Å². The molecule has 0 heterocycles. The van der Waals surface area contributed by atoms with Gasteiger partial charge >= 0.3 is 8.60 Å². The predicted molar refractivity (Wildman–Crippen MR) is 158 cm³/mol. The Bertz CT molecular complexity index is 501.